The van der Waals surface area contributed by atoms with Gasteiger partial charge in [-0.2, -0.15) is 13.2 Å². The van der Waals surface area contributed by atoms with Gasteiger partial charge in [-0.05, 0) is 19.8 Å². The molecule has 0 aliphatic heterocycles. The Hall–Kier alpha value is -1.47. The number of nitrogens with one attached hydrogen (secondary N) is 2. The zero-order valence-electron chi connectivity index (χ0n) is 10.5. The predicted molar refractivity (Wildman–Crippen MR) is 60.6 cm³/mol. The average molecular weight is 282 g/mol. The average Bonchev–Trinajstić information content (AvgIpc) is 2.59. The third kappa shape index (κ3) is 4.29. The number of halogens is 3. The van der Waals surface area contributed by atoms with E-state index in [2.05, 4.69) is 10.6 Å². The second kappa shape index (κ2) is 5.66. The summed E-state index contributed by atoms with van der Waals surface area (Å²) in [6, 6.07) is -1.32. The topological polar surface area (TPSA) is 78.4 Å². The number of amides is 2. The Bertz CT molecular complexity index is 360. The number of hydrogen-bond donors (Lipinski definition) is 3. The van der Waals surface area contributed by atoms with E-state index in [1.807, 2.05) is 0 Å². The third-order valence-corrected chi connectivity index (χ3v) is 3.45. The highest BCUT2D eigenvalue weighted by molar-refractivity contribution is 5.79. The fraction of sp³-hybridized carbons (Fsp3) is 0.818. The molecule has 1 saturated carbocycles. The summed E-state index contributed by atoms with van der Waals surface area (Å²) < 4.78 is 35.7. The van der Waals surface area contributed by atoms with Crippen LogP contribution < -0.4 is 10.6 Å². The van der Waals surface area contributed by atoms with Crippen molar-refractivity contribution in [1.29, 1.82) is 0 Å². The summed E-state index contributed by atoms with van der Waals surface area (Å²) in [7, 11) is 0. The van der Waals surface area contributed by atoms with E-state index in [9.17, 15) is 22.8 Å². The van der Waals surface area contributed by atoms with Crippen molar-refractivity contribution in [3.05, 3.63) is 0 Å². The van der Waals surface area contributed by atoms with Crippen LogP contribution in [0.2, 0.25) is 0 Å². The van der Waals surface area contributed by atoms with Crippen LogP contribution in [0.15, 0.2) is 0 Å². The Morgan fingerprint density at radius 3 is 2.58 bits per heavy atom. The van der Waals surface area contributed by atoms with E-state index in [4.69, 9.17) is 5.11 Å². The fourth-order valence-corrected chi connectivity index (χ4v) is 2.18. The van der Waals surface area contributed by atoms with Gasteiger partial charge in [0, 0.05) is 12.6 Å². The van der Waals surface area contributed by atoms with E-state index < -0.39 is 42.6 Å². The minimum absolute atomic E-state index is 0.440. The molecule has 0 radical (unpaired) electrons. The number of carbonyl (C=O) groups is 2. The molecule has 2 amide bonds. The summed E-state index contributed by atoms with van der Waals surface area (Å²) in [5.41, 5.74) is -1.05. The van der Waals surface area contributed by atoms with Crippen LogP contribution in [0.4, 0.5) is 18.0 Å². The molecule has 0 heterocycles. The van der Waals surface area contributed by atoms with Crippen LogP contribution in [-0.4, -0.2) is 35.9 Å². The van der Waals surface area contributed by atoms with Crippen LogP contribution in [0.3, 0.4) is 0 Å². The molecule has 1 fully saturated rings. The maximum Gasteiger partial charge on any atom is 0.390 e. The summed E-state index contributed by atoms with van der Waals surface area (Å²) in [6.07, 6.45) is -3.82. The SMILES string of the molecule is CC1(C(=O)O)CCCC1NC(=O)NCCC(F)(F)F. The first kappa shape index (κ1) is 15.6. The van der Waals surface area contributed by atoms with Crippen LogP contribution in [0.25, 0.3) is 0 Å². The molecule has 0 aromatic heterocycles. The lowest BCUT2D eigenvalue weighted by atomic mass is 9.85. The van der Waals surface area contributed by atoms with Crippen molar-refractivity contribution in [2.75, 3.05) is 6.54 Å². The summed E-state index contributed by atoms with van der Waals surface area (Å²) >= 11 is 0. The van der Waals surface area contributed by atoms with Crippen molar-refractivity contribution in [1.82, 2.24) is 10.6 Å². The van der Waals surface area contributed by atoms with Gasteiger partial charge in [0.15, 0.2) is 0 Å². The molecule has 1 aliphatic carbocycles. The zero-order valence-corrected chi connectivity index (χ0v) is 10.5. The molecular weight excluding hydrogens is 265 g/mol. The standard InChI is InChI=1S/C11H17F3N2O3/c1-10(8(17)18)4-2-3-7(10)16-9(19)15-6-5-11(12,13)14/h7H,2-6H2,1H3,(H,17,18)(H2,15,16,19). The van der Waals surface area contributed by atoms with Gasteiger partial charge in [0.2, 0.25) is 0 Å². The molecule has 0 saturated heterocycles. The van der Waals surface area contributed by atoms with Crippen molar-refractivity contribution in [2.24, 2.45) is 5.41 Å². The molecule has 110 valence electrons. The quantitative estimate of drug-likeness (QED) is 0.736. The minimum Gasteiger partial charge on any atom is -0.481 e. The number of aliphatic carboxylic acids is 1. The Morgan fingerprint density at radius 2 is 2.05 bits per heavy atom. The highest BCUT2D eigenvalue weighted by atomic mass is 19.4. The van der Waals surface area contributed by atoms with Gasteiger partial charge in [-0.3, -0.25) is 4.79 Å². The Kier molecular flexibility index (Phi) is 4.65. The largest absolute Gasteiger partial charge is 0.481 e. The number of carbonyl (C=O) groups excluding carboxylic acids is 1. The molecule has 1 rings (SSSR count). The fourth-order valence-electron chi connectivity index (χ4n) is 2.18. The van der Waals surface area contributed by atoms with Crippen molar-refractivity contribution in [2.45, 2.75) is 44.8 Å². The Labute approximate surface area is 108 Å². The lowest BCUT2D eigenvalue weighted by molar-refractivity contribution is -0.148. The van der Waals surface area contributed by atoms with E-state index in [-0.39, 0.29) is 0 Å². The van der Waals surface area contributed by atoms with Gasteiger partial charge in [0.25, 0.3) is 0 Å². The van der Waals surface area contributed by atoms with Gasteiger partial charge < -0.3 is 15.7 Å². The first-order chi connectivity index (χ1) is 8.65. The summed E-state index contributed by atoms with van der Waals surface area (Å²) in [5.74, 6) is -1.01. The van der Waals surface area contributed by atoms with Crippen LogP contribution >= 0.6 is 0 Å². The number of rotatable bonds is 4. The molecule has 0 bridgehead atoms. The van der Waals surface area contributed by atoms with Gasteiger partial charge in [0.05, 0.1) is 11.8 Å². The number of urea groups is 1. The molecule has 1 aliphatic rings. The molecule has 19 heavy (non-hydrogen) atoms. The van der Waals surface area contributed by atoms with E-state index in [1.165, 1.54) is 6.92 Å². The van der Waals surface area contributed by atoms with Crippen LogP contribution in [0.1, 0.15) is 32.6 Å². The lowest BCUT2D eigenvalue weighted by Crippen LogP contribution is -2.50. The van der Waals surface area contributed by atoms with E-state index >= 15 is 0 Å². The molecular formula is C11H17F3N2O3. The van der Waals surface area contributed by atoms with E-state index in [0.717, 1.165) is 0 Å². The first-order valence-corrected chi connectivity index (χ1v) is 6.00. The second-order valence-corrected chi connectivity index (χ2v) is 4.93. The van der Waals surface area contributed by atoms with E-state index in [0.29, 0.717) is 19.3 Å². The first-order valence-electron chi connectivity index (χ1n) is 6.00. The number of hydrogen-bond acceptors (Lipinski definition) is 2. The van der Waals surface area contributed by atoms with Crippen LogP contribution in [0, 0.1) is 5.41 Å². The van der Waals surface area contributed by atoms with Gasteiger partial charge in [0.1, 0.15) is 0 Å². The highest BCUT2D eigenvalue weighted by Gasteiger charge is 2.45. The summed E-state index contributed by atoms with van der Waals surface area (Å²) in [5, 5.41) is 13.6. The normalized spacial score (nSPS) is 27.1. The molecule has 5 nitrogen and oxygen atoms in total. The lowest BCUT2D eigenvalue weighted by Gasteiger charge is -2.27. The molecule has 8 heteroatoms. The molecule has 2 atom stereocenters. The Balaban J connectivity index is 2.42. The smallest absolute Gasteiger partial charge is 0.390 e. The molecule has 2 unspecified atom stereocenters. The monoisotopic (exact) mass is 282 g/mol. The van der Waals surface area contributed by atoms with Gasteiger partial charge in [-0.1, -0.05) is 6.42 Å². The van der Waals surface area contributed by atoms with Gasteiger partial charge >= 0.3 is 18.2 Å². The van der Waals surface area contributed by atoms with Crippen molar-refractivity contribution >= 4 is 12.0 Å². The van der Waals surface area contributed by atoms with Crippen molar-refractivity contribution in [3.8, 4) is 0 Å². The number of alkyl halides is 3. The molecule has 3 N–H and O–H groups in total. The van der Waals surface area contributed by atoms with Crippen LogP contribution in [-0.2, 0) is 4.79 Å². The maximum atomic E-state index is 11.9. The predicted octanol–water partition coefficient (Wildman–Crippen LogP) is 1.88. The second-order valence-electron chi connectivity index (χ2n) is 4.93. The molecule has 0 aromatic carbocycles. The summed E-state index contributed by atoms with van der Waals surface area (Å²) in [6.45, 7) is 1.01. The van der Waals surface area contributed by atoms with E-state index in [1.54, 1.807) is 0 Å². The minimum atomic E-state index is -4.32. The highest BCUT2D eigenvalue weighted by Crippen LogP contribution is 2.38. The molecule has 0 aromatic rings. The van der Waals surface area contributed by atoms with Crippen molar-refractivity contribution < 1.29 is 27.9 Å². The number of carboxylic acid groups (broad SMARTS) is 1. The molecule has 0 spiro atoms. The maximum absolute atomic E-state index is 11.9. The zero-order chi connectivity index (χ0) is 14.7. The third-order valence-electron chi connectivity index (χ3n) is 3.45. The summed E-state index contributed by atoms with van der Waals surface area (Å²) in [4.78, 5) is 22.6. The van der Waals surface area contributed by atoms with Crippen molar-refractivity contribution in [3.63, 3.8) is 0 Å². The number of carboxylic acids is 1. The Morgan fingerprint density at radius 1 is 1.42 bits per heavy atom. The van der Waals surface area contributed by atoms with Gasteiger partial charge in [-0.15, -0.1) is 0 Å². The van der Waals surface area contributed by atoms with Gasteiger partial charge in [-0.25, -0.2) is 4.79 Å². The van der Waals surface area contributed by atoms with Crippen LogP contribution in [0.5, 0.6) is 0 Å².